The molecule has 1 atom stereocenters. The molecular weight excluding hydrogens is 290 g/mol. The molecule has 1 aliphatic rings. The number of H-pyrrole nitrogens is 1. The van der Waals surface area contributed by atoms with Crippen LogP contribution in [0.1, 0.15) is 41.9 Å². The summed E-state index contributed by atoms with van der Waals surface area (Å²) in [5.41, 5.74) is 0.637. The number of hydrogen-bond acceptors (Lipinski definition) is 4. The molecule has 122 valence electrons. The Bertz CT molecular complexity index is 638. The van der Waals surface area contributed by atoms with Gasteiger partial charge in [0.1, 0.15) is 11.6 Å². The number of aromatic amines is 1. The molecule has 1 amide bonds. The first-order valence-electron chi connectivity index (χ1n) is 8.14. The number of anilines is 1. The van der Waals surface area contributed by atoms with E-state index in [4.69, 9.17) is 0 Å². The minimum Gasteiger partial charge on any atom is -0.356 e. The lowest BCUT2D eigenvalue weighted by molar-refractivity contribution is 0.0802. The van der Waals surface area contributed by atoms with Crippen LogP contribution in [0.4, 0.5) is 5.82 Å². The standard InChI is InChI=1S/C17H23N5O/c1-3-21(2)17(23)13-6-7-15(20-11-13)22-10-4-5-14(12-22)16-18-8-9-19-16/h6-9,11,14H,3-5,10,12H2,1-2H3,(H,18,19). The van der Waals surface area contributed by atoms with Gasteiger partial charge >= 0.3 is 0 Å². The van der Waals surface area contributed by atoms with Gasteiger partial charge in [-0.3, -0.25) is 4.79 Å². The first kappa shape index (κ1) is 15.5. The molecule has 6 nitrogen and oxygen atoms in total. The van der Waals surface area contributed by atoms with Crippen molar-refractivity contribution in [2.24, 2.45) is 0 Å². The largest absolute Gasteiger partial charge is 0.356 e. The smallest absolute Gasteiger partial charge is 0.255 e. The van der Waals surface area contributed by atoms with E-state index in [2.05, 4.69) is 19.9 Å². The normalized spacial score (nSPS) is 18.0. The third-order valence-corrected chi connectivity index (χ3v) is 4.47. The topological polar surface area (TPSA) is 65.1 Å². The summed E-state index contributed by atoms with van der Waals surface area (Å²) >= 11 is 0. The van der Waals surface area contributed by atoms with Crippen molar-refractivity contribution < 1.29 is 4.79 Å². The molecule has 0 aromatic carbocycles. The van der Waals surface area contributed by atoms with Crippen LogP contribution in [-0.2, 0) is 0 Å². The second-order valence-electron chi connectivity index (χ2n) is 5.98. The van der Waals surface area contributed by atoms with Crippen molar-refractivity contribution in [2.75, 3.05) is 31.6 Å². The van der Waals surface area contributed by atoms with Crippen molar-refractivity contribution >= 4 is 11.7 Å². The number of nitrogens with one attached hydrogen (secondary N) is 1. The average molecular weight is 313 g/mol. The van der Waals surface area contributed by atoms with E-state index in [0.717, 1.165) is 37.6 Å². The van der Waals surface area contributed by atoms with Gasteiger partial charge in [0.15, 0.2) is 0 Å². The van der Waals surface area contributed by atoms with Crippen LogP contribution < -0.4 is 4.90 Å². The Hall–Kier alpha value is -2.37. The highest BCUT2D eigenvalue weighted by molar-refractivity contribution is 5.93. The van der Waals surface area contributed by atoms with Gasteiger partial charge < -0.3 is 14.8 Å². The maximum Gasteiger partial charge on any atom is 0.255 e. The van der Waals surface area contributed by atoms with Crippen molar-refractivity contribution in [1.82, 2.24) is 19.9 Å². The number of rotatable bonds is 4. The highest BCUT2D eigenvalue weighted by Crippen LogP contribution is 2.27. The van der Waals surface area contributed by atoms with E-state index in [-0.39, 0.29) is 5.91 Å². The Morgan fingerprint density at radius 3 is 2.96 bits per heavy atom. The number of amides is 1. The molecule has 0 spiro atoms. The van der Waals surface area contributed by atoms with Crippen LogP contribution in [0.2, 0.25) is 0 Å². The summed E-state index contributed by atoms with van der Waals surface area (Å²) in [5.74, 6) is 2.40. The van der Waals surface area contributed by atoms with Gasteiger partial charge in [0.2, 0.25) is 0 Å². The summed E-state index contributed by atoms with van der Waals surface area (Å²) in [6.07, 6.45) is 7.61. The van der Waals surface area contributed by atoms with Crippen molar-refractivity contribution in [3.8, 4) is 0 Å². The van der Waals surface area contributed by atoms with E-state index < -0.39 is 0 Å². The molecular formula is C17H23N5O. The van der Waals surface area contributed by atoms with Gasteiger partial charge in [-0.2, -0.15) is 0 Å². The van der Waals surface area contributed by atoms with Crippen molar-refractivity contribution in [3.05, 3.63) is 42.1 Å². The molecule has 3 heterocycles. The fourth-order valence-electron chi connectivity index (χ4n) is 2.97. The summed E-state index contributed by atoms with van der Waals surface area (Å²) in [5, 5.41) is 0. The molecule has 6 heteroatoms. The van der Waals surface area contributed by atoms with E-state index in [1.807, 2.05) is 25.3 Å². The van der Waals surface area contributed by atoms with Crippen LogP contribution in [0.25, 0.3) is 0 Å². The fourth-order valence-corrected chi connectivity index (χ4v) is 2.97. The molecule has 1 N–H and O–H groups in total. The number of nitrogens with zero attached hydrogens (tertiary/aromatic N) is 4. The molecule has 23 heavy (non-hydrogen) atoms. The Morgan fingerprint density at radius 2 is 2.30 bits per heavy atom. The monoisotopic (exact) mass is 313 g/mol. The van der Waals surface area contributed by atoms with Gasteiger partial charge in [-0.25, -0.2) is 9.97 Å². The van der Waals surface area contributed by atoms with Gasteiger partial charge in [-0.15, -0.1) is 0 Å². The van der Waals surface area contributed by atoms with Crippen LogP contribution in [0.15, 0.2) is 30.7 Å². The first-order chi connectivity index (χ1) is 11.2. The molecule has 0 saturated carbocycles. The predicted molar refractivity (Wildman–Crippen MR) is 89.6 cm³/mol. The second kappa shape index (κ2) is 6.81. The van der Waals surface area contributed by atoms with Gasteiger partial charge in [-0.05, 0) is 31.9 Å². The van der Waals surface area contributed by atoms with Gasteiger partial charge in [-0.1, -0.05) is 0 Å². The van der Waals surface area contributed by atoms with Crippen LogP contribution >= 0.6 is 0 Å². The molecule has 1 fully saturated rings. The fraction of sp³-hybridized carbons (Fsp3) is 0.471. The second-order valence-corrected chi connectivity index (χ2v) is 5.98. The molecule has 1 saturated heterocycles. The zero-order chi connectivity index (χ0) is 16.2. The van der Waals surface area contributed by atoms with Gasteiger partial charge in [0.05, 0.1) is 5.56 Å². The molecule has 1 aliphatic heterocycles. The molecule has 2 aromatic heterocycles. The number of carbonyl (C=O) groups is 1. The van der Waals surface area contributed by atoms with Crippen LogP contribution in [0.3, 0.4) is 0 Å². The SMILES string of the molecule is CCN(C)C(=O)c1ccc(N2CCCC(c3ncc[nH]3)C2)nc1. The van der Waals surface area contributed by atoms with Crippen molar-refractivity contribution in [2.45, 2.75) is 25.7 Å². The van der Waals surface area contributed by atoms with E-state index in [1.165, 1.54) is 0 Å². The Balaban J connectivity index is 1.70. The summed E-state index contributed by atoms with van der Waals surface area (Å²) in [6.45, 7) is 4.55. The Morgan fingerprint density at radius 1 is 1.43 bits per heavy atom. The van der Waals surface area contributed by atoms with E-state index in [0.29, 0.717) is 18.0 Å². The number of hydrogen-bond donors (Lipinski definition) is 1. The highest BCUT2D eigenvalue weighted by atomic mass is 16.2. The lowest BCUT2D eigenvalue weighted by atomic mass is 9.97. The molecule has 0 bridgehead atoms. The number of aromatic nitrogens is 3. The zero-order valence-electron chi connectivity index (χ0n) is 13.7. The van der Waals surface area contributed by atoms with Crippen LogP contribution in [0.5, 0.6) is 0 Å². The van der Waals surface area contributed by atoms with E-state index in [1.54, 1.807) is 24.3 Å². The van der Waals surface area contributed by atoms with E-state index in [9.17, 15) is 4.79 Å². The first-order valence-corrected chi connectivity index (χ1v) is 8.14. The summed E-state index contributed by atoms with van der Waals surface area (Å²) < 4.78 is 0. The van der Waals surface area contributed by atoms with Crippen molar-refractivity contribution in [1.29, 1.82) is 0 Å². The molecule has 1 unspecified atom stereocenters. The minimum absolute atomic E-state index is 0.0126. The maximum atomic E-state index is 12.1. The van der Waals surface area contributed by atoms with Crippen molar-refractivity contribution in [3.63, 3.8) is 0 Å². The number of carbonyl (C=O) groups excluding carboxylic acids is 1. The van der Waals surface area contributed by atoms with Crippen LogP contribution in [-0.4, -0.2) is 52.4 Å². The third kappa shape index (κ3) is 3.36. The molecule has 2 aromatic rings. The lowest BCUT2D eigenvalue weighted by Gasteiger charge is -2.32. The molecule has 3 rings (SSSR count). The molecule has 0 radical (unpaired) electrons. The lowest BCUT2D eigenvalue weighted by Crippen LogP contribution is -2.35. The number of imidazole rings is 1. The number of piperidine rings is 1. The molecule has 0 aliphatic carbocycles. The predicted octanol–water partition coefficient (Wildman–Crippen LogP) is 2.28. The minimum atomic E-state index is 0.0126. The summed E-state index contributed by atoms with van der Waals surface area (Å²) in [4.78, 5) is 28.2. The van der Waals surface area contributed by atoms with Crippen LogP contribution in [0, 0.1) is 0 Å². The summed E-state index contributed by atoms with van der Waals surface area (Å²) in [7, 11) is 1.80. The Labute approximate surface area is 136 Å². The third-order valence-electron chi connectivity index (χ3n) is 4.47. The summed E-state index contributed by atoms with van der Waals surface area (Å²) in [6, 6.07) is 3.81. The zero-order valence-corrected chi connectivity index (χ0v) is 13.7. The highest BCUT2D eigenvalue weighted by Gasteiger charge is 2.24. The quantitative estimate of drug-likeness (QED) is 0.940. The van der Waals surface area contributed by atoms with Gasteiger partial charge in [0.25, 0.3) is 5.91 Å². The van der Waals surface area contributed by atoms with Gasteiger partial charge in [0, 0.05) is 51.2 Å². The average Bonchev–Trinajstić information content (AvgIpc) is 3.15. The number of pyridine rings is 1. The van der Waals surface area contributed by atoms with E-state index >= 15 is 0 Å². The Kier molecular flexibility index (Phi) is 4.60. The maximum absolute atomic E-state index is 12.1.